The van der Waals surface area contributed by atoms with E-state index >= 15 is 0 Å². The topological polar surface area (TPSA) is 6.48 Å². The zero-order chi connectivity index (χ0) is 50.0. The first kappa shape index (κ1) is 43.2. The molecule has 2 aliphatic heterocycles. The lowest BCUT2D eigenvalue weighted by atomic mass is 9.67. The highest BCUT2D eigenvalue weighted by Gasteiger charge is 2.49. The van der Waals surface area contributed by atoms with Gasteiger partial charge in [0.05, 0.1) is 5.41 Å². The van der Waals surface area contributed by atoms with Crippen LogP contribution in [0.3, 0.4) is 0 Å². The van der Waals surface area contributed by atoms with E-state index in [1.54, 1.807) is 0 Å². The second-order valence-electron chi connectivity index (χ2n) is 21.6. The Bertz CT molecular complexity index is 4040. The molecule has 0 aromatic heterocycles. The first-order chi connectivity index (χ1) is 37.6. The molecule has 11 aromatic carbocycles. The predicted molar refractivity (Wildman–Crippen MR) is 314 cm³/mol. The molecule has 0 atom stereocenters. The van der Waals surface area contributed by atoms with Crippen LogP contribution in [0.25, 0.3) is 34.4 Å². The van der Waals surface area contributed by atoms with Crippen molar-refractivity contribution in [1.82, 2.24) is 0 Å². The molecule has 0 saturated carbocycles. The summed E-state index contributed by atoms with van der Waals surface area (Å²) in [5.41, 5.74) is 30.7. The maximum Gasteiger partial charge on any atom is 0.0714 e. The van der Waals surface area contributed by atoms with E-state index in [1.807, 2.05) is 0 Å². The quantitative estimate of drug-likeness (QED) is 0.153. The van der Waals surface area contributed by atoms with E-state index in [0.717, 1.165) is 25.7 Å². The van der Waals surface area contributed by atoms with Crippen LogP contribution >= 0.6 is 0 Å². The van der Waals surface area contributed by atoms with E-state index in [-0.39, 0.29) is 5.41 Å². The molecule has 5 aliphatic rings. The van der Waals surface area contributed by atoms with Crippen LogP contribution in [0.4, 0.5) is 34.1 Å². The SMILES string of the molecule is C(=C\c1ccc2c(c1)C(c1ccccc1)(c1ccccc1)c1cc(N3c4ccccc4Cc4ccccc43)ccc1-2)/c1ccc2c(c1)C1(Cc3ccccc3C1)c1cc(N3c4ccccc4Cc4ccccc43)ccc1-2. The van der Waals surface area contributed by atoms with Crippen molar-refractivity contribution in [2.75, 3.05) is 9.80 Å². The maximum atomic E-state index is 2.54. The van der Waals surface area contributed by atoms with Crippen molar-refractivity contribution in [3.05, 3.63) is 333 Å². The minimum absolute atomic E-state index is 0.176. The predicted octanol–water partition coefficient (Wildman–Crippen LogP) is 18.0. The van der Waals surface area contributed by atoms with Crippen molar-refractivity contribution in [2.45, 2.75) is 36.5 Å². The molecule has 0 fully saturated rings. The molecule has 16 rings (SSSR count). The Hall–Kier alpha value is -9.24. The van der Waals surface area contributed by atoms with Crippen LogP contribution in [0.5, 0.6) is 0 Å². The fourth-order valence-electron chi connectivity index (χ4n) is 14.4. The van der Waals surface area contributed by atoms with E-state index in [9.17, 15) is 0 Å². The molecule has 0 radical (unpaired) electrons. The third kappa shape index (κ3) is 6.28. The van der Waals surface area contributed by atoms with Gasteiger partial charge in [-0.15, -0.1) is 0 Å². The first-order valence-electron chi connectivity index (χ1n) is 27.0. The molecule has 0 unspecified atom stereocenters. The molecule has 0 bridgehead atoms. The fraction of sp³-hybridized carbons (Fsp3) is 0.0811. The largest absolute Gasteiger partial charge is 0.310 e. The van der Waals surface area contributed by atoms with Gasteiger partial charge in [-0.2, -0.15) is 0 Å². The molecule has 358 valence electrons. The summed E-state index contributed by atoms with van der Waals surface area (Å²) in [6.45, 7) is 0. The number of fused-ring (bicyclic) bond motifs is 13. The van der Waals surface area contributed by atoms with Crippen LogP contribution in [-0.2, 0) is 36.5 Å². The Labute approximate surface area is 445 Å². The molecule has 3 aliphatic carbocycles. The molecule has 0 amide bonds. The lowest BCUT2D eigenvalue weighted by molar-refractivity contribution is 0.563. The van der Waals surface area contributed by atoms with Crippen LogP contribution in [-0.4, -0.2) is 0 Å². The lowest BCUT2D eigenvalue weighted by Crippen LogP contribution is -2.29. The highest BCUT2D eigenvalue weighted by molar-refractivity contribution is 5.93. The number of hydrogen-bond acceptors (Lipinski definition) is 2. The summed E-state index contributed by atoms with van der Waals surface area (Å²) in [4.78, 5) is 4.99. The summed E-state index contributed by atoms with van der Waals surface area (Å²) >= 11 is 0. The smallest absolute Gasteiger partial charge is 0.0714 e. The van der Waals surface area contributed by atoms with Gasteiger partial charge in [-0.1, -0.05) is 212 Å². The van der Waals surface area contributed by atoms with Gasteiger partial charge in [0.25, 0.3) is 0 Å². The molecule has 2 nitrogen and oxygen atoms in total. The molecular weight excluding hydrogens is 917 g/mol. The Balaban J connectivity index is 0.817. The van der Waals surface area contributed by atoms with Gasteiger partial charge in [0, 0.05) is 52.4 Å². The molecule has 11 aromatic rings. The fourth-order valence-corrected chi connectivity index (χ4v) is 14.4. The van der Waals surface area contributed by atoms with Crippen LogP contribution in [0.15, 0.2) is 255 Å². The molecule has 1 spiro atoms. The van der Waals surface area contributed by atoms with Crippen LogP contribution in [0, 0.1) is 0 Å². The van der Waals surface area contributed by atoms with Gasteiger partial charge in [-0.3, -0.25) is 0 Å². The van der Waals surface area contributed by atoms with Crippen LogP contribution in [0.2, 0.25) is 0 Å². The van der Waals surface area contributed by atoms with E-state index in [0.29, 0.717) is 0 Å². The average Bonchev–Trinajstić information content (AvgIpc) is 4.29. The minimum atomic E-state index is -0.567. The van der Waals surface area contributed by atoms with Crippen molar-refractivity contribution in [1.29, 1.82) is 0 Å². The Morgan fingerprint density at radius 2 is 0.618 bits per heavy atom. The molecular formula is C74H52N2. The minimum Gasteiger partial charge on any atom is -0.310 e. The number of para-hydroxylation sites is 4. The third-order valence-corrected chi connectivity index (χ3v) is 17.7. The number of hydrogen-bond donors (Lipinski definition) is 0. The zero-order valence-electron chi connectivity index (χ0n) is 42.1. The normalized spacial score (nSPS) is 15.3. The average molecular weight is 969 g/mol. The number of anilines is 6. The highest BCUT2D eigenvalue weighted by atomic mass is 15.2. The first-order valence-corrected chi connectivity index (χ1v) is 27.0. The van der Waals surface area contributed by atoms with Crippen LogP contribution < -0.4 is 9.80 Å². The highest BCUT2D eigenvalue weighted by Crippen LogP contribution is 2.60. The Morgan fingerprint density at radius 3 is 1.07 bits per heavy atom. The van der Waals surface area contributed by atoms with E-state index in [2.05, 4.69) is 277 Å². The van der Waals surface area contributed by atoms with Gasteiger partial charge in [0.15, 0.2) is 0 Å². The molecule has 2 heteroatoms. The number of nitrogens with zero attached hydrogens (tertiary/aromatic N) is 2. The van der Waals surface area contributed by atoms with Gasteiger partial charge >= 0.3 is 0 Å². The van der Waals surface area contributed by atoms with Crippen LogP contribution in [0.1, 0.15) is 77.9 Å². The summed E-state index contributed by atoms with van der Waals surface area (Å²) in [7, 11) is 0. The standard InChI is InChI=1S/C74H52N2/c1-3-23-57(24-4-1)74(58-25-5-2-6-26-58)67-42-50(34-38-63(67)64-40-36-60(46-68(64)74)76-71-29-15-11-19-53(71)44-54-20-12-16-30-72(54)76)32-31-49-33-37-61-62-39-35-59(75-69-27-13-9-17-51(69)43-52-18-10-14-28-70(52)75)45-66(62)73(65(61)41-49)47-55-21-7-8-22-56(55)48-73/h1-42,45-46H,43-44,47-48H2/b32-31+. The summed E-state index contributed by atoms with van der Waals surface area (Å²) in [6.07, 6.45) is 8.54. The summed E-state index contributed by atoms with van der Waals surface area (Å²) in [5.74, 6) is 0. The van der Waals surface area contributed by atoms with E-state index < -0.39 is 5.41 Å². The van der Waals surface area contributed by atoms with Gasteiger partial charge in [-0.25, -0.2) is 0 Å². The van der Waals surface area contributed by atoms with E-state index in [1.165, 1.54) is 134 Å². The van der Waals surface area contributed by atoms with Crippen molar-refractivity contribution < 1.29 is 0 Å². The second-order valence-corrected chi connectivity index (χ2v) is 21.6. The lowest BCUT2D eigenvalue weighted by Gasteiger charge is -2.36. The van der Waals surface area contributed by atoms with Gasteiger partial charge in [0.1, 0.15) is 0 Å². The number of rotatable bonds is 6. The maximum absolute atomic E-state index is 2.54. The molecule has 0 N–H and O–H groups in total. The van der Waals surface area contributed by atoms with Crippen molar-refractivity contribution in [3.63, 3.8) is 0 Å². The monoisotopic (exact) mass is 968 g/mol. The third-order valence-electron chi connectivity index (χ3n) is 17.7. The van der Waals surface area contributed by atoms with Gasteiger partial charge < -0.3 is 9.80 Å². The summed E-state index contributed by atoms with van der Waals surface area (Å²) in [6, 6.07) is 96.3. The number of benzene rings is 11. The Morgan fingerprint density at radius 1 is 0.289 bits per heavy atom. The molecule has 76 heavy (non-hydrogen) atoms. The Kier molecular flexibility index (Phi) is 9.45. The molecule has 0 saturated heterocycles. The zero-order valence-corrected chi connectivity index (χ0v) is 42.1. The van der Waals surface area contributed by atoms with Crippen molar-refractivity contribution >= 4 is 46.3 Å². The second kappa shape index (κ2) is 16.6. The van der Waals surface area contributed by atoms with Gasteiger partial charge in [0.2, 0.25) is 0 Å². The summed E-state index contributed by atoms with van der Waals surface area (Å²) < 4.78 is 0. The van der Waals surface area contributed by atoms with E-state index in [4.69, 9.17) is 0 Å². The van der Waals surface area contributed by atoms with Crippen molar-refractivity contribution in [2.24, 2.45) is 0 Å². The van der Waals surface area contributed by atoms with Crippen molar-refractivity contribution in [3.8, 4) is 22.3 Å². The van der Waals surface area contributed by atoms with Gasteiger partial charge in [-0.05, 0) is 168 Å². The molecule has 2 heterocycles. The summed E-state index contributed by atoms with van der Waals surface area (Å²) in [5, 5.41) is 0.